The molecular weight excluding hydrogens is 364 g/mol. The maximum absolute atomic E-state index is 2.45. The van der Waals surface area contributed by atoms with Gasteiger partial charge in [0.15, 0.2) is 0 Å². The predicted molar refractivity (Wildman–Crippen MR) is 127 cm³/mol. The molecule has 2 unspecified atom stereocenters. The summed E-state index contributed by atoms with van der Waals surface area (Å²) in [5.41, 5.74) is 4.53. The maximum atomic E-state index is 2.45. The largest absolute Gasteiger partial charge is 0.148 e. The van der Waals surface area contributed by atoms with E-state index in [0.29, 0.717) is 5.25 Å². The highest BCUT2D eigenvalue weighted by Crippen LogP contribution is 2.44. The summed E-state index contributed by atoms with van der Waals surface area (Å²) in [4.78, 5) is 0. The van der Waals surface area contributed by atoms with Crippen LogP contribution in [0.15, 0.2) is 65.8 Å². The van der Waals surface area contributed by atoms with Crippen LogP contribution in [0.5, 0.6) is 0 Å². The van der Waals surface area contributed by atoms with E-state index in [2.05, 4.69) is 93.4 Å². The van der Waals surface area contributed by atoms with Gasteiger partial charge in [0.25, 0.3) is 0 Å². The third kappa shape index (κ3) is 5.68. The van der Waals surface area contributed by atoms with Gasteiger partial charge in [0.05, 0.1) is 4.08 Å². The molecule has 144 valence electrons. The molecule has 0 fully saturated rings. The minimum atomic E-state index is 0.205. The Hall–Kier alpha value is -1.12. The third-order valence-corrected chi connectivity index (χ3v) is 8.76. The molecule has 0 aromatic heterocycles. The van der Waals surface area contributed by atoms with Crippen LogP contribution in [0.3, 0.4) is 0 Å². The van der Waals surface area contributed by atoms with Crippen molar-refractivity contribution < 1.29 is 0 Å². The van der Waals surface area contributed by atoms with Crippen molar-refractivity contribution in [2.24, 2.45) is 0 Å². The molecule has 0 radical (unpaired) electrons. The molecule has 1 aliphatic carbocycles. The fourth-order valence-corrected chi connectivity index (χ4v) is 6.34. The molecule has 0 amide bonds. The average molecular weight is 397 g/mol. The summed E-state index contributed by atoms with van der Waals surface area (Å²) in [5.74, 6) is 0. The zero-order valence-electron chi connectivity index (χ0n) is 17.1. The highest BCUT2D eigenvalue weighted by molar-refractivity contribution is 8.18. The lowest BCUT2D eigenvalue weighted by molar-refractivity contribution is 0.783. The standard InChI is InChI=1S/C25H32S2/c1-5-24(17-20-10-8-9-19(2)15-20)27-25(3,26-4)18-21-13-14-22-11-6-7-12-23(22)16-21/h6-7,10-16,24H,5,8-9,17-18H2,1-4H3. The Morgan fingerprint density at radius 3 is 2.59 bits per heavy atom. The van der Waals surface area contributed by atoms with Crippen LogP contribution < -0.4 is 0 Å². The summed E-state index contributed by atoms with van der Waals surface area (Å²) in [6.45, 7) is 7.04. The Bertz CT molecular complexity index is 833. The molecule has 0 bridgehead atoms. The van der Waals surface area contributed by atoms with Crippen LogP contribution in [-0.2, 0) is 6.42 Å². The van der Waals surface area contributed by atoms with Gasteiger partial charge in [0, 0.05) is 5.25 Å². The van der Waals surface area contributed by atoms with Gasteiger partial charge in [0.2, 0.25) is 0 Å². The normalized spacial score (nSPS) is 17.9. The Morgan fingerprint density at radius 2 is 1.89 bits per heavy atom. The molecule has 0 nitrogen and oxygen atoms in total. The van der Waals surface area contributed by atoms with Gasteiger partial charge >= 0.3 is 0 Å². The first-order valence-corrected chi connectivity index (χ1v) is 12.2. The molecule has 0 saturated carbocycles. The van der Waals surface area contributed by atoms with Crippen molar-refractivity contribution >= 4 is 34.3 Å². The summed E-state index contributed by atoms with van der Waals surface area (Å²) in [5, 5.41) is 3.36. The van der Waals surface area contributed by atoms with Crippen molar-refractivity contribution in [3.05, 3.63) is 71.3 Å². The van der Waals surface area contributed by atoms with E-state index in [0.717, 1.165) is 6.42 Å². The molecule has 3 rings (SSSR count). The Balaban J connectivity index is 1.71. The molecule has 27 heavy (non-hydrogen) atoms. The van der Waals surface area contributed by atoms with Gasteiger partial charge in [-0.2, -0.15) is 0 Å². The van der Waals surface area contributed by atoms with E-state index in [-0.39, 0.29) is 4.08 Å². The molecule has 1 aliphatic rings. The van der Waals surface area contributed by atoms with E-state index in [1.807, 2.05) is 11.8 Å². The van der Waals surface area contributed by atoms with Crippen LogP contribution in [0.25, 0.3) is 10.8 Å². The summed E-state index contributed by atoms with van der Waals surface area (Å²) in [6, 6.07) is 15.6. The molecule has 0 aliphatic heterocycles. The molecule has 0 spiro atoms. The molecule has 2 aromatic carbocycles. The SMILES string of the molecule is CCC(CC1=CCCC(C)=C1)SC(C)(Cc1ccc2ccccc2c1)SC. The smallest absolute Gasteiger partial charge is 0.0623 e. The van der Waals surface area contributed by atoms with Gasteiger partial charge in [-0.05, 0) is 68.5 Å². The van der Waals surface area contributed by atoms with E-state index in [4.69, 9.17) is 0 Å². The van der Waals surface area contributed by atoms with Gasteiger partial charge in [-0.3, -0.25) is 0 Å². The predicted octanol–water partition coefficient (Wildman–Crippen LogP) is 8.03. The van der Waals surface area contributed by atoms with Crippen LogP contribution in [0.4, 0.5) is 0 Å². The highest BCUT2D eigenvalue weighted by atomic mass is 32.2. The van der Waals surface area contributed by atoms with Crippen LogP contribution in [0.1, 0.15) is 52.0 Å². The summed E-state index contributed by atoms with van der Waals surface area (Å²) in [7, 11) is 0. The number of thioether (sulfide) groups is 2. The highest BCUT2D eigenvalue weighted by Gasteiger charge is 2.28. The van der Waals surface area contributed by atoms with Gasteiger partial charge in [-0.1, -0.05) is 72.7 Å². The van der Waals surface area contributed by atoms with E-state index in [1.165, 1.54) is 47.6 Å². The zero-order valence-corrected chi connectivity index (χ0v) is 18.8. The number of hydrogen-bond donors (Lipinski definition) is 0. The van der Waals surface area contributed by atoms with E-state index < -0.39 is 0 Å². The topological polar surface area (TPSA) is 0 Å². The number of fused-ring (bicyclic) bond motifs is 1. The van der Waals surface area contributed by atoms with Crippen LogP contribution in [0.2, 0.25) is 0 Å². The third-order valence-electron chi connectivity index (χ3n) is 5.48. The Kier molecular flexibility index (Phi) is 7.16. The lowest BCUT2D eigenvalue weighted by Crippen LogP contribution is -2.23. The first-order chi connectivity index (χ1) is 13.0. The maximum Gasteiger partial charge on any atom is 0.0623 e. The van der Waals surface area contributed by atoms with Crippen molar-refractivity contribution in [2.45, 2.75) is 62.2 Å². The molecule has 0 N–H and O–H groups in total. The van der Waals surface area contributed by atoms with Crippen molar-refractivity contribution in [2.75, 3.05) is 6.26 Å². The van der Waals surface area contributed by atoms with Crippen LogP contribution in [-0.4, -0.2) is 15.6 Å². The molecule has 2 aromatic rings. The van der Waals surface area contributed by atoms with E-state index in [1.54, 1.807) is 5.57 Å². The number of allylic oxidation sites excluding steroid dienone is 4. The second-order valence-corrected chi connectivity index (χ2v) is 11.2. The van der Waals surface area contributed by atoms with Crippen LogP contribution >= 0.6 is 23.5 Å². The van der Waals surface area contributed by atoms with Crippen LogP contribution in [0, 0.1) is 0 Å². The minimum absolute atomic E-state index is 0.205. The monoisotopic (exact) mass is 396 g/mol. The Morgan fingerprint density at radius 1 is 1.11 bits per heavy atom. The Labute approximate surface area is 173 Å². The number of rotatable bonds is 8. The van der Waals surface area contributed by atoms with Gasteiger partial charge in [0.1, 0.15) is 0 Å². The van der Waals surface area contributed by atoms with E-state index in [9.17, 15) is 0 Å². The van der Waals surface area contributed by atoms with Crippen molar-refractivity contribution in [3.8, 4) is 0 Å². The zero-order chi connectivity index (χ0) is 19.3. The fraction of sp³-hybridized carbons (Fsp3) is 0.440. The van der Waals surface area contributed by atoms with Crippen molar-refractivity contribution in [1.82, 2.24) is 0 Å². The number of hydrogen-bond acceptors (Lipinski definition) is 2. The molecule has 2 atom stereocenters. The van der Waals surface area contributed by atoms with Gasteiger partial charge < -0.3 is 0 Å². The average Bonchev–Trinajstić information content (AvgIpc) is 2.67. The van der Waals surface area contributed by atoms with Crippen molar-refractivity contribution in [3.63, 3.8) is 0 Å². The number of benzene rings is 2. The van der Waals surface area contributed by atoms with Crippen molar-refractivity contribution in [1.29, 1.82) is 0 Å². The summed E-state index contributed by atoms with van der Waals surface area (Å²) in [6.07, 6.45) is 13.1. The molecule has 0 saturated heterocycles. The minimum Gasteiger partial charge on any atom is -0.148 e. The lowest BCUT2D eigenvalue weighted by Gasteiger charge is -2.32. The van der Waals surface area contributed by atoms with Gasteiger partial charge in [-0.15, -0.1) is 23.5 Å². The lowest BCUT2D eigenvalue weighted by atomic mass is 9.97. The second kappa shape index (κ2) is 9.39. The summed E-state index contributed by atoms with van der Waals surface area (Å²) < 4.78 is 0.205. The van der Waals surface area contributed by atoms with E-state index >= 15 is 0 Å². The summed E-state index contributed by atoms with van der Waals surface area (Å²) >= 11 is 4.19. The molecule has 0 heterocycles. The first kappa shape index (κ1) is 20.6. The first-order valence-electron chi connectivity index (χ1n) is 10.1. The second-order valence-electron chi connectivity index (χ2n) is 7.86. The quantitative estimate of drug-likeness (QED) is 0.414. The molecular formula is C25H32S2. The van der Waals surface area contributed by atoms with Gasteiger partial charge in [-0.25, -0.2) is 0 Å². The molecule has 2 heteroatoms. The fourth-order valence-electron chi connectivity index (χ4n) is 3.84.